The van der Waals surface area contributed by atoms with Gasteiger partial charge < -0.3 is 10.0 Å². The van der Waals surface area contributed by atoms with E-state index in [9.17, 15) is 4.79 Å². The first-order valence-corrected chi connectivity index (χ1v) is 7.21. The fourth-order valence-electron chi connectivity index (χ4n) is 3.32. The zero-order valence-electron chi connectivity index (χ0n) is 10.7. The number of nitrogens with zero attached hydrogens (tertiary/aromatic N) is 1. The van der Waals surface area contributed by atoms with Gasteiger partial charge in [-0.3, -0.25) is 4.79 Å². The summed E-state index contributed by atoms with van der Waals surface area (Å²) < 4.78 is 0. The van der Waals surface area contributed by atoms with Gasteiger partial charge in [-0.1, -0.05) is 32.1 Å². The number of hydrogen-bond acceptors (Lipinski definition) is 2. The molecule has 0 aromatic carbocycles. The average Bonchev–Trinajstić information content (AvgIpc) is 2.79. The molecule has 0 aromatic rings. The molecule has 2 fully saturated rings. The van der Waals surface area contributed by atoms with Crippen LogP contribution in [0.25, 0.3) is 0 Å². The van der Waals surface area contributed by atoms with Gasteiger partial charge in [-0.2, -0.15) is 0 Å². The summed E-state index contributed by atoms with van der Waals surface area (Å²) >= 11 is 0. The van der Waals surface area contributed by atoms with Crippen molar-refractivity contribution in [3.05, 3.63) is 0 Å². The van der Waals surface area contributed by atoms with E-state index in [1.54, 1.807) is 0 Å². The van der Waals surface area contributed by atoms with Crippen molar-refractivity contribution in [2.75, 3.05) is 19.6 Å². The van der Waals surface area contributed by atoms with Gasteiger partial charge in [0, 0.05) is 6.54 Å². The maximum Gasteiger partial charge on any atom is 0.307 e. The Labute approximate surface area is 104 Å². The van der Waals surface area contributed by atoms with Crippen LogP contribution in [0.4, 0.5) is 0 Å². The van der Waals surface area contributed by atoms with Crippen LogP contribution >= 0.6 is 0 Å². The fourth-order valence-corrected chi connectivity index (χ4v) is 3.32. The molecule has 1 unspecified atom stereocenters. The molecule has 0 radical (unpaired) electrons. The van der Waals surface area contributed by atoms with Gasteiger partial charge in [-0.05, 0) is 38.3 Å². The van der Waals surface area contributed by atoms with Crippen molar-refractivity contribution in [3.8, 4) is 0 Å². The number of aliphatic carboxylic acids is 1. The highest BCUT2D eigenvalue weighted by Crippen LogP contribution is 2.27. The quantitative estimate of drug-likeness (QED) is 0.802. The van der Waals surface area contributed by atoms with E-state index in [1.165, 1.54) is 44.9 Å². The van der Waals surface area contributed by atoms with Crippen molar-refractivity contribution in [1.82, 2.24) is 4.90 Å². The number of carboxylic acid groups (broad SMARTS) is 1. The maximum absolute atomic E-state index is 10.8. The summed E-state index contributed by atoms with van der Waals surface area (Å²) in [4.78, 5) is 13.2. The number of rotatable bonds is 5. The summed E-state index contributed by atoms with van der Waals surface area (Å²) in [6, 6.07) is 0. The standard InChI is InChI=1S/C14H25NO2/c16-14(17)13-8-10-15(11-13)9-4-7-12-5-2-1-3-6-12/h12-13H,1-11H2,(H,16,17). The lowest BCUT2D eigenvalue weighted by atomic mass is 9.86. The van der Waals surface area contributed by atoms with Gasteiger partial charge in [0.05, 0.1) is 5.92 Å². The molecule has 3 heteroatoms. The van der Waals surface area contributed by atoms with Crippen LogP contribution in [0.3, 0.4) is 0 Å². The van der Waals surface area contributed by atoms with Gasteiger partial charge in [0.2, 0.25) is 0 Å². The molecular formula is C14H25NO2. The van der Waals surface area contributed by atoms with E-state index < -0.39 is 5.97 Å². The molecule has 1 aliphatic carbocycles. The van der Waals surface area contributed by atoms with Gasteiger partial charge in [0.25, 0.3) is 0 Å². The Morgan fingerprint density at radius 2 is 1.94 bits per heavy atom. The lowest BCUT2D eigenvalue weighted by Gasteiger charge is -2.22. The van der Waals surface area contributed by atoms with E-state index in [2.05, 4.69) is 4.90 Å². The number of carbonyl (C=O) groups is 1. The number of likely N-dealkylation sites (tertiary alicyclic amines) is 1. The predicted octanol–water partition coefficient (Wildman–Crippen LogP) is 2.75. The minimum Gasteiger partial charge on any atom is -0.481 e. The third-order valence-corrected chi connectivity index (χ3v) is 4.43. The second kappa shape index (κ2) is 6.39. The van der Waals surface area contributed by atoms with Crippen molar-refractivity contribution in [1.29, 1.82) is 0 Å². The molecule has 0 spiro atoms. The van der Waals surface area contributed by atoms with Crippen molar-refractivity contribution >= 4 is 5.97 Å². The first-order chi connectivity index (χ1) is 8.25. The first-order valence-electron chi connectivity index (χ1n) is 7.21. The normalized spacial score (nSPS) is 27.4. The molecule has 1 heterocycles. The van der Waals surface area contributed by atoms with Crippen molar-refractivity contribution in [2.24, 2.45) is 11.8 Å². The molecule has 0 aromatic heterocycles. The van der Waals surface area contributed by atoms with Crippen LogP contribution < -0.4 is 0 Å². The van der Waals surface area contributed by atoms with Gasteiger partial charge in [0.1, 0.15) is 0 Å². The first kappa shape index (κ1) is 12.9. The highest BCUT2D eigenvalue weighted by molar-refractivity contribution is 5.70. The maximum atomic E-state index is 10.8. The molecule has 0 amide bonds. The molecule has 1 saturated carbocycles. The van der Waals surface area contributed by atoms with Crippen LogP contribution in [0.1, 0.15) is 51.4 Å². The molecule has 0 bridgehead atoms. The zero-order chi connectivity index (χ0) is 12.1. The SMILES string of the molecule is O=C(O)C1CCN(CCCC2CCCCC2)C1. The largest absolute Gasteiger partial charge is 0.481 e. The summed E-state index contributed by atoms with van der Waals surface area (Å²) in [5.41, 5.74) is 0. The molecule has 98 valence electrons. The van der Waals surface area contributed by atoms with Gasteiger partial charge in [0.15, 0.2) is 0 Å². The van der Waals surface area contributed by atoms with E-state index in [4.69, 9.17) is 5.11 Å². The molecule has 1 N–H and O–H groups in total. The lowest BCUT2D eigenvalue weighted by Crippen LogP contribution is -2.24. The summed E-state index contributed by atoms with van der Waals surface area (Å²) in [5, 5.41) is 8.93. The Balaban J connectivity index is 1.58. The monoisotopic (exact) mass is 239 g/mol. The minimum absolute atomic E-state index is 0.107. The Bertz CT molecular complexity index is 249. The van der Waals surface area contributed by atoms with E-state index in [0.29, 0.717) is 0 Å². The summed E-state index contributed by atoms with van der Waals surface area (Å²) in [6.07, 6.45) is 10.6. The van der Waals surface area contributed by atoms with Crippen molar-refractivity contribution in [2.45, 2.75) is 51.4 Å². The third-order valence-electron chi connectivity index (χ3n) is 4.43. The molecule has 3 nitrogen and oxygen atoms in total. The van der Waals surface area contributed by atoms with E-state index in [1.807, 2.05) is 0 Å². The Hall–Kier alpha value is -0.570. The molecule has 1 saturated heterocycles. The van der Waals surface area contributed by atoms with Crippen LogP contribution in [0.5, 0.6) is 0 Å². The third kappa shape index (κ3) is 3.98. The topological polar surface area (TPSA) is 40.5 Å². The molecular weight excluding hydrogens is 214 g/mol. The highest BCUT2D eigenvalue weighted by atomic mass is 16.4. The van der Waals surface area contributed by atoms with E-state index in [0.717, 1.165) is 32.0 Å². The summed E-state index contributed by atoms with van der Waals surface area (Å²) in [6.45, 7) is 2.88. The minimum atomic E-state index is -0.611. The average molecular weight is 239 g/mol. The Morgan fingerprint density at radius 1 is 1.18 bits per heavy atom. The van der Waals surface area contributed by atoms with Crippen LogP contribution in [0, 0.1) is 11.8 Å². The highest BCUT2D eigenvalue weighted by Gasteiger charge is 2.27. The number of hydrogen-bond donors (Lipinski definition) is 1. The van der Waals surface area contributed by atoms with Crippen molar-refractivity contribution < 1.29 is 9.90 Å². The zero-order valence-corrected chi connectivity index (χ0v) is 10.7. The van der Waals surface area contributed by atoms with Crippen LogP contribution in [-0.4, -0.2) is 35.6 Å². The molecule has 1 aliphatic heterocycles. The predicted molar refractivity (Wildman–Crippen MR) is 68.0 cm³/mol. The Morgan fingerprint density at radius 3 is 2.59 bits per heavy atom. The van der Waals surface area contributed by atoms with Gasteiger partial charge >= 0.3 is 5.97 Å². The van der Waals surface area contributed by atoms with Crippen molar-refractivity contribution in [3.63, 3.8) is 0 Å². The molecule has 2 rings (SSSR count). The second-order valence-corrected chi connectivity index (χ2v) is 5.77. The smallest absolute Gasteiger partial charge is 0.307 e. The van der Waals surface area contributed by atoms with E-state index in [-0.39, 0.29) is 5.92 Å². The van der Waals surface area contributed by atoms with Crippen LogP contribution in [-0.2, 0) is 4.79 Å². The fraction of sp³-hybridized carbons (Fsp3) is 0.929. The Kier molecular flexibility index (Phi) is 4.84. The summed E-state index contributed by atoms with van der Waals surface area (Å²) in [7, 11) is 0. The van der Waals surface area contributed by atoms with Gasteiger partial charge in [-0.25, -0.2) is 0 Å². The van der Waals surface area contributed by atoms with Crippen LogP contribution in [0.15, 0.2) is 0 Å². The summed E-state index contributed by atoms with van der Waals surface area (Å²) in [5.74, 6) is 0.242. The van der Waals surface area contributed by atoms with Crippen LogP contribution in [0.2, 0.25) is 0 Å². The molecule has 2 aliphatic rings. The molecule has 1 atom stereocenters. The molecule has 17 heavy (non-hydrogen) atoms. The second-order valence-electron chi connectivity index (χ2n) is 5.77. The van der Waals surface area contributed by atoms with E-state index >= 15 is 0 Å². The number of carboxylic acids is 1. The van der Waals surface area contributed by atoms with Gasteiger partial charge in [-0.15, -0.1) is 0 Å². The lowest BCUT2D eigenvalue weighted by molar-refractivity contribution is -0.141.